The van der Waals surface area contributed by atoms with E-state index in [0.29, 0.717) is 59.2 Å². The van der Waals surface area contributed by atoms with E-state index in [9.17, 15) is 14.4 Å². The van der Waals surface area contributed by atoms with Crippen LogP contribution in [-0.2, 0) is 27.2 Å². The molecule has 3 heterocycles. The van der Waals surface area contributed by atoms with E-state index >= 15 is 4.39 Å². The number of aromatic nitrogens is 1. The average molecular weight is 696 g/mol. The van der Waals surface area contributed by atoms with Gasteiger partial charge in [0.2, 0.25) is 11.8 Å². The molecule has 2 aliphatic heterocycles. The molecule has 2 N–H and O–H groups in total. The first kappa shape index (κ1) is 31.2. The topological polar surface area (TPSA) is 101 Å². The van der Waals surface area contributed by atoms with E-state index in [1.165, 1.54) is 19.3 Å². The Morgan fingerprint density at radius 3 is 2.71 bits per heavy atom. The quantitative estimate of drug-likeness (QED) is 0.270. The first-order valence-corrected chi connectivity index (χ1v) is 16.3. The van der Waals surface area contributed by atoms with Crippen molar-refractivity contribution in [3.05, 3.63) is 80.3 Å². The van der Waals surface area contributed by atoms with Crippen LogP contribution in [0.25, 0.3) is 16.7 Å². The van der Waals surface area contributed by atoms with Crippen molar-refractivity contribution in [3.63, 3.8) is 0 Å². The summed E-state index contributed by atoms with van der Waals surface area (Å²) in [6.45, 7) is 2.27. The summed E-state index contributed by atoms with van der Waals surface area (Å²) in [6, 6.07) is 10.3. The predicted molar refractivity (Wildman–Crippen MR) is 176 cm³/mol. The molecule has 0 fully saturated rings. The summed E-state index contributed by atoms with van der Waals surface area (Å²) in [5.41, 5.74) is 6.68. The van der Waals surface area contributed by atoms with Crippen molar-refractivity contribution in [1.82, 2.24) is 9.88 Å². The Morgan fingerprint density at radius 1 is 1.11 bits per heavy atom. The molecule has 0 spiro atoms. The number of hydrogen-bond donors (Lipinski definition) is 2. The molecule has 6 rings (SSSR count). The number of halogens is 3. The number of methoxy groups -OCH3 is 1. The summed E-state index contributed by atoms with van der Waals surface area (Å²) in [7, 11) is 1.29. The maximum atomic E-state index is 15.0. The Kier molecular flexibility index (Phi) is 8.97. The molecule has 1 aliphatic carbocycles. The fourth-order valence-corrected chi connectivity index (χ4v) is 7.27. The van der Waals surface area contributed by atoms with Crippen LogP contribution in [0, 0.1) is 11.7 Å². The summed E-state index contributed by atoms with van der Waals surface area (Å²) in [5, 5.41) is 5.80. The minimum absolute atomic E-state index is 0.00445. The summed E-state index contributed by atoms with van der Waals surface area (Å²) in [5.74, 6) is -1.18. The molecule has 2 atom stereocenters. The van der Waals surface area contributed by atoms with Crippen molar-refractivity contribution < 1.29 is 23.5 Å². The Hall–Kier alpha value is -3.76. The Bertz CT molecular complexity index is 1750. The van der Waals surface area contributed by atoms with Gasteiger partial charge in [-0.25, -0.2) is 9.18 Å². The molecule has 3 aliphatic rings. The van der Waals surface area contributed by atoms with Gasteiger partial charge in [-0.2, -0.15) is 0 Å². The fourth-order valence-electron chi connectivity index (χ4n) is 6.56. The number of rotatable bonds is 3. The van der Waals surface area contributed by atoms with Gasteiger partial charge in [0.1, 0.15) is 5.82 Å². The lowest BCUT2D eigenvalue weighted by Crippen LogP contribution is -2.38. The molecule has 3 aromatic rings. The Labute approximate surface area is 274 Å². The second-order valence-electron chi connectivity index (χ2n) is 11.8. The minimum Gasteiger partial charge on any atom is -0.453 e. The number of anilines is 2. The molecule has 234 valence electrons. The van der Waals surface area contributed by atoms with Crippen molar-refractivity contribution in [2.75, 3.05) is 24.3 Å². The second kappa shape index (κ2) is 12.9. The molecule has 11 heteroatoms. The van der Waals surface area contributed by atoms with Crippen molar-refractivity contribution in [2.24, 2.45) is 5.92 Å². The number of nitrogens with zero attached hydrogens (tertiary/aromatic N) is 2. The van der Waals surface area contributed by atoms with Gasteiger partial charge in [0.15, 0.2) is 0 Å². The van der Waals surface area contributed by atoms with Gasteiger partial charge in [0, 0.05) is 45.5 Å². The summed E-state index contributed by atoms with van der Waals surface area (Å²) in [6.07, 6.45) is 5.92. The van der Waals surface area contributed by atoms with Crippen molar-refractivity contribution in [2.45, 2.75) is 57.9 Å². The Balaban J connectivity index is 1.44. The standard InChI is InChI=1S/C34H33BrClFN4O4/c1-18-5-3-8-29(41-14-13-19(15-30(41)42)31-24(35)11-12-25(36)32(31)37)28-17-23(21-6-4-7-26(21)39-28)22-10-9-20(38-34(44)45-2)16-27(22)40-33(18)43/h9-12,15-18,29H,3-8,13-14H2,1-2H3,(H,38,44)(H,40,43)/t18-,29+/m1/s1. The van der Waals surface area contributed by atoms with Crippen LogP contribution in [-0.4, -0.2) is 41.4 Å². The number of fused-ring (bicyclic) bond motifs is 6. The molecule has 45 heavy (non-hydrogen) atoms. The minimum atomic E-state index is -0.605. The lowest BCUT2D eigenvalue weighted by Gasteiger charge is -2.35. The summed E-state index contributed by atoms with van der Waals surface area (Å²) in [4.78, 5) is 46.1. The van der Waals surface area contributed by atoms with Gasteiger partial charge in [-0.3, -0.25) is 19.9 Å². The first-order valence-electron chi connectivity index (χ1n) is 15.1. The zero-order valence-electron chi connectivity index (χ0n) is 25.0. The molecule has 8 nitrogen and oxygen atoms in total. The molecule has 0 unspecified atom stereocenters. The van der Waals surface area contributed by atoms with Crippen LogP contribution in [0.1, 0.15) is 67.6 Å². The third-order valence-electron chi connectivity index (χ3n) is 8.92. The molecule has 0 saturated carbocycles. The number of hydrogen-bond acceptors (Lipinski definition) is 5. The Morgan fingerprint density at radius 2 is 1.93 bits per heavy atom. The van der Waals surface area contributed by atoms with Crippen molar-refractivity contribution in [3.8, 4) is 11.1 Å². The average Bonchev–Trinajstić information content (AvgIpc) is 3.50. The van der Waals surface area contributed by atoms with Crippen LogP contribution >= 0.6 is 27.5 Å². The number of amides is 3. The zero-order chi connectivity index (χ0) is 31.8. The summed E-state index contributed by atoms with van der Waals surface area (Å²) < 4.78 is 20.4. The lowest BCUT2D eigenvalue weighted by atomic mass is 9.90. The van der Waals surface area contributed by atoms with Crippen LogP contribution in [0.5, 0.6) is 0 Å². The number of nitrogens with one attached hydrogen (secondary N) is 2. The number of aryl methyl sites for hydroxylation is 1. The van der Waals surface area contributed by atoms with Gasteiger partial charge >= 0.3 is 6.09 Å². The normalized spacial score (nSPS) is 19.8. The van der Waals surface area contributed by atoms with E-state index < -0.39 is 11.9 Å². The van der Waals surface area contributed by atoms with Gasteiger partial charge in [-0.1, -0.05) is 46.9 Å². The molecule has 2 bridgehead atoms. The molecular weight excluding hydrogens is 663 g/mol. The van der Waals surface area contributed by atoms with Crippen molar-refractivity contribution >= 4 is 62.4 Å². The van der Waals surface area contributed by atoms with E-state index in [4.69, 9.17) is 21.3 Å². The van der Waals surface area contributed by atoms with Crippen molar-refractivity contribution in [1.29, 1.82) is 0 Å². The molecule has 0 radical (unpaired) electrons. The van der Waals surface area contributed by atoms with E-state index in [1.54, 1.807) is 18.2 Å². The molecular formula is C34H33BrClFN4O4. The van der Waals surface area contributed by atoms with Gasteiger partial charge in [-0.15, -0.1) is 0 Å². The largest absolute Gasteiger partial charge is 0.453 e. The van der Waals surface area contributed by atoms with E-state index in [2.05, 4.69) is 32.6 Å². The SMILES string of the molecule is COC(=O)Nc1ccc2c(c1)NC(=O)[C@H](C)CCC[C@H](N1CCC(c3c(Br)ccc(Cl)c3F)=CC1=O)c1cc-2c2c(n1)CCC2. The maximum Gasteiger partial charge on any atom is 0.411 e. The van der Waals surface area contributed by atoms with Gasteiger partial charge in [0.25, 0.3) is 0 Å². The van der Waals surface area contributed by atoms with Gasteiger partial charge < -0.3 is 15.0 Å². The number of pyridine rings is 1. The third-order valence-corrected chi connectivity index (χ3v) is 9.87. The van der Waals surface area contributed by atoms with Crippen LogP contribution < -0.4 is 10.6 Å². The number of carbonyl (C=O) groups excluding carboxylic acids is 3. The highest BCUT2D eigenvalue weighted by atomic mass is 79.9. The number of benzene rings is 2. The van der Waals surface area contributed by atoms with E-state index in [1.807, 2.05) is 17.9 Å². The highest BCUT2D eigenvalue weighted by molar-refractivity contribution is 9.10. The van der Waals surface area contributed by atoms with Crippen LogP contribution in [0.2, 0.25) is 5.02 Å². The molecule has 1 aromatic heterocycles. The van der Waals surface area contributed by atoms with E-state index in [-0.39, 0.29) is 28.8 Å². The molecule has 0 saturated heterocycles. The summed E-state index contributed by atoms with van der Waals surface area (Å²) >= 11 is 9.51. The zero-order valence-corrected chi connectivity index (χ0v) is 27.4. The van der Waals surface area contributed by atoms with Gasteiger partial charge in [0.05, 0.1) is 29.6 Å². The fraction of sp³-hybridized carbons (Fsp3) is 0.353. The highest BCUT2D eigenvalue weighted by Gasteiger charge is 2.33. The first-order chi connectivity index (χ1) is 21.6. The van der Waals surface area contributed by atoms with Crippen LogP contribution in [0.3, 0.4) is 0 Å². The van der Waals surface area contributed by atoms with Crippen LogP contribution in [0.15, 0.2) is 46.9 Å². The van der Waals surface area contributed by atoms with Crippen LogP contribution in [0.4, 0.5) is 20.6 Å². The highest BCUT2D eigenvalue weighted by Crippen LogP contribution is 2.42. The smallest absolute Gasteiger partial charge is 0.411 e. The number of carbonyl (C=O) groups is 3. The third kappa shape index (κ3) is 6.22. The second-order valence-corrected chi connectivity index (χ2v) is 13.0. The monoisotopic (exact) mass is 694 g/mol. The lowest BCUT2D eigenvalue weighted by molar-refractivity contribution is -0.129. The number of ether oxygens (including phenoxy) is 1. The van der Waals surface area contributed by atoms with Gasteiger partial charge in [-0.05, 0) is 85.6 Å². The maximum absolute atomic E-state index is 15.0. The van der Waals surface area contributed by atoms with E-state index in [0.717, 1.165) is 47.3 Å². The molecule has 3 amide bonds. The predicted octanol–water partition coefficient (Wildman–Crippen LogP) is 8.09. The molecule has 2 aromatic carbocycles.